The van der Waals surface area contributed by atoms with Crippen molar-refractivity contribution in [2.45, 2.75) is 26.4 Å². The number of aromatic carboxylic acids is 1. The Hall–Kier alpha value is -1.59. The van der Waals surface area contributed by atoms with Crippen molar-refractivity contribution in [1.82, 2.24) is 5.32 Å². The number of carboxylic acid groups (broad SMARTS) is 1. The summed E-state index contributed by atoms with van der Waals surface area (Å²) in [5.74, 6) is 0.144. The Morgan fingerprint density at radius 2 is 2.39 bits per heavy atom. The predicted molar refractivity (Wildman–Crippen MR) is 70.0 cm³/mol. The van der Waals surface area contributed by atoms with Crippen molar-refractivity contribution in [3.8, 4) is 0 Å². The lowest BCUT2D eigenvalue weighted by molar-refractivity contribution is 0.0695. The Morgan fingerprint density at radius 1 is 1.61 bits per heavy atom. The number of carboxylic acids is 1. The van der Waals surface area contributed by atoms with Gasteiger partial charge in [-0.25, -0.2) is 4.79 Å². The Labute approximate surface area is 109 Å². The monoisotopic (exact) mass is 265 g/mol. The smallest absolute Gasteiger partial charge is 0.339 e. The normalized spacial score (nSPS) is 12.6. The van der Waals surface area contributed by atoms with Crippen molar-refractivity contribution in [3.05, 3.63) is 45.5 Å². The quantitative estimate of drug-likeness (QED) is 0.871. The lowest BCUT2D eigenvalue weighted by Gasteiger charge is -2.10. The number of hydrogen-bond acceptors (Lipinski definition) is 4. The highest BCUT2D eigenvalue weighted by Crippen LogP contribution is 2.20. The molecule has 0 aliphatic carbocycles. The van der Waals surface area contributed by atoms with E-state index in [1.54, 1.807) is 24.3 Å². The number of nitrogens with one attached hydrogen (secondary N) is 1. The third-order valence-corrected chi connectivity index (χ3v) is 3.81. The van der Waals surface area contributed by atoms with Gasteiger partial charge in [-0.2, -0.15) is 0 Å². The molecule has 1 atom stereocenters. The van der Waals surface area contributed by atoms with Crippen LogP contribution in [-0.4, -0.2) is 11.1 Å². The van der Waals surface area contributed by atoms with E-state index in [-0.39, 0.29) is 11.6 Å². The molecule has 0 saturated heterocycles. The molecule has 5 heteroatoms. The highest BCUT2D eigenvalue weighted by atomic mass is 32.1. The van der Waals surface area contributed by atoms with Gasteiger partial charge in [0.1, 0.15) is 17.1 Å². The van der Waals surface area contributed by atoms with E-state index < -0.39 is 5.97 Å². The minimum atomic E-state index is -0.950. The van der Waals surface area contributed by atoms with Gasteiger partial charge in [-0.3, -0.25) is 0 Å². The van der Waals surface area contributed by atoms with E-state index in [1.807, 2.05) is 11.4 Å². The second kappa shape index (κ2) is 5.37. The van der Waals surface area contributed by atoms with Crippen molar-refractivity contribution >= 4 is 17.3 Å². The van der Waals surface area contributed by atoms with E-state index in [0.29, 0.717) is 18.1 Å². The van der Waals surface area contributed by atoms with Gasteiger partial charge >= 0.3 is 5.97 Å². The van der Waals surface area contributed by atoms with Gasteiger partial charge in [-0.1, -0.05) is 6.07 Å². The maximum absolute atomic E-state index is 10.9. The van der Waals surface area contributed by atoms with E-state index in [4.69, 9.17) is 9.52 Å². The summed E-state index contributed by atoms with van der Waals surface area (Å²) in [6.07, 6.45) is 0. The zero-order valence-electron chi connectivity index (χ0n) is 10.3. The fraction of sp³-hybridized carbons (Fsp3) is 0.308. The summed E-state index contributed by atoms with van der Waals surface area (Å²) >= 11 is 1.69. The molecule has 0 spiro atoms. The van der Waals surface area contributed by atoms with Gasteiger partial charge in [0.15, 0.2) is 0 Å². The number of furan rings is 1. The second-order valence-electron chi connectivity index (χ2n) is 4.11. The fourth-order valence-corrected chi connectivity index (χ4v) is 2.49. The summed E-state index contributed by atoms with van der Waals surface area (Å²) in [5.41, 5.74) is 0.232. The van der Waals surface area contributed by atoms with Crippen LogP contribution in [0.1, 0.15) is 39.7 Å². The van der Waals surface area contributed by atoms with Crippen LogP contribution in [0.2, 0.25) is 0 Å². The molecule has 0 radical (unpaired) electrons. The molecule has 0 saturated carbocycles. The number of hydrogen-bond donors (Lipinski definition) is 2. The maximum Gasteiger partial charge on any atom is 0.339 e. The van der Waals surface area contributed by atoms with Gasteiger partial charge in [-0.05, 0) is 31.4 Å². The molecule has 18 heavy (non-hydrogen) atoms. The molecule has 0 amide bonds. The van der Waals surface area contributed by atoms with E-state index in [9.17, 15) is 4.79 Å². The molecule has 0 fully saturated rings. The molecule has 0 bridgehead atoms. The fourth-order valence-electron chi connectivity index (χ4n) is 1.74. The zero-order chi connectivity index (χ0) is 13.1. The molecule has 4 nitrogen and oxygen atoms in total. The number of rotatable bonds is 5. The van der Waals surface area contributed by atoms with Crippen LogP contribution >= 0.6 is 11.3 Å². The largest absolute Gasteiger partial charge is 0.478 e. The first-order chi connectivity index (χ1) is 8.58. The van der Waals surface area contributed by atoms with Gasteiger partial charge in [0.25, 0.3) is 0 Å². The standard InChI is InChI=1S/C13H15NO3S/c1-8(12-4-3-5-18-12)14-7-10-6-11(13(15)16)9(2)17-10/h3-6,8,14H,7H2,1-2H3,(H,15,16)/t8-/m0/s1. The second-order valence-corrected chi connectivity index (χ2v) is 5.09. The average Bonchev–Trinajstić information content (AvgIpc) is 2.94. The molecular formula is C13H15NO3S. The minimum absolute atomic E-state index is 0.226. The van der Waals surface area contributed by atoms with E-state index in [1.165, 1.54) is 4.88 Å². The van der Waals surface area contributed by atoms with Crippen LogP contribution in [0, 0.1) is 6.92 Å². The van der Waals surface area contributed by atoms with E-state index >= 15 is 0 Å². The van der Waals surface area contributed by atoms with Crippen molar-refractivity contribution in [3.63, 3.8) is 0 Å². The van der Waals surface area contributed by atoms with Crippen LogP contribution in [0.3, 0.4) is 0 Å². The van der Waals surface area contributed by atoms with Crippen LogP contribution in [0.15, 0.2) is 28.0 Å². The summed E-state index contributed by atoms with van der Waals surface area (Å²) in [5, 5.41) is 14.3. The summed E-state index contributed by atoms with van der Waals surface area (Å²) in [7, 11) is 0. The number of carbonyl (C=O) groups is 1. The summed E-state index contributed by atoms with van der Waals surface area (Å²) < 4.78 is 5.40. The van der Waals surface area contributed by atoms with Crippen molar-refractivity contribution in [1.29, 1.82) is 0 Å². The third kappa shape index (κ3) is 2.80. The summed E-state index contributed by atoms with van der Waals surface area (Å²) in [4.78, 5) is 12.1. The number of thiophene rings is 1. The third-order valence-electron chi connectivity index (χ3n) is 2.75. The topological polar surface area (TPSA) is 62.5 Å². The highest BCUT2D eigenvalue weighted by Gasteiger charge is 2.14. The van der Waals surface area contributed by atoms with Crippen LogP contribution < -0.4 is 5.32 Å². The molecule has 2 aromatic rings. The highest BCUT2D eigenvalue weighted by molar-refractivity contribution is 7.10. The zero-order valence-corrected chi connectivity index (χ0v) is 11.1. The minimum Gasteiger partial charge on any atom is -0.478 e. The first kappa shape index (κ1) is 12.9. The summed E-state index contributed by atoms with van der Waals surface area (Å²) in [6, 6.07) is 5.88. The molecule has 96 valence electrons. The first-order valence-electron chi connectivity index (χ1n) is 5.67. The molecule has 2 rings (SSSR count). The maximum atomic E-state index is 10.9. The molecular weight excluding hydrogens is 250 g/mol. The number of aryl methyl sites for hydroxylation is 1. The average molecular weight is 265 g/mol. The van der Waals surface area contributed by atoms with E-state index in [0.717, 1.165) is 0 Å². The first-order valence-corrected chi connectivity index (χ1v) is 6.55. The molecule has 2 N–H and O–H groups in total. The van der Waals surface area contributed by atoms with E-state index in [2.05, 4.69) is 18.3 Å². The molecule has 0 aliphatic rings. The van der Waals surface area contributed by atoms with Crippen molar-refractivity contribution in [2.75, 3.05) is 0 Å². The lowest BCUT2D eigenvalue weighted by atomic mass is 10.2. The predicted octanol–water partition coefficient (Wildman–Crippen LogP) is 3.20. The van der Waals surface area contributed by atoms with Crippen LogP contribution in [-0.2, 0) is 6.54 Å². The summed E-state index contributed by atoms with van der Waals surface area (Å²) in [6.45, 7) is 4.25. The molecule has 2 aromatic heterocycles. The Morgan fingerprint density at radius 3 is 2.94 bits per heavy atom. The molecule has 0 aromatic carbocycles. The van der Waals surface area contributed by atoms with Crippen LogP contribution in [0.4, 0.5) is 0 Å². The van der Waals surface area contributed by atoms with Gasteiger partial charge in [0.05, 0.1) is 6.54 Å². The SMILES string of the molecule is Cc1oc(CN[C@@H](C)c2cccs2)cc1C(=O)O. The van der Waals surface area contributed by atoms with Crippen molar-refractivity contribution in [2.24, 2.45) is 0 Å². The van der Waals surface area contributed by atoms with Gasteiger partial charge < -0.3 is 14.8 Å². The van der Waals surface area contributed by atoms with Crippen LogP contribution in [0.5, 0.6) is 0 Å². The Balaban J connectivity index is 1.98. The Bertz CT molecular complexity index is 530. The molecule has 2 heterocycles. The van der Waals surface area contributed by atoms with Gasteiger partial charge in [0.2, 0.25) is 0 Å². The van der Waals surface area contributed by atoms with Crippen molar-refractivity contribution < 1.29 is 14.3 Å². The van der Waals surface area contributed by atoms with Gasteiger partial charge in [-0.15, -0.1) is 11.3 Å². The van der Waals surface area contributed by atoms with Crippen LogP contribution in [0.25, 0.3) is 0 Å². The lowest BCUT2D eigenvalue weighted by Crippen LogP contribution is -2.16. The molecule has 0 aliphatic heterocycles. The Kier molecular flexibility index (Phi) is 3.84. The molecule has 0 unspecified atom stereocenters. The van der Waals surface area contributed by atoms with Gasteiger partial charge in [0, 0.05) is 10.9 Å².